The van der Waals surface area contributed by atoms with E-state index in [1.54, 1.807) is 18.3 Å². The molecule has 4 heteroatoms. The lowest BCUT2D eigenvalue weighted by molar-refractivity contribution is -0.384. The molecule has 0 amide bonds. The molecule has 0 fully saturated rings. The molecule has 0 N–H and O–H groups in total. The smallest absolute Gasteiger partial charge is 0.270 e. The van der Waals surface area contributed by atoms with Crippen molar-refractivity contribution in [2.75, 3.05) is 6.54 Å². The molecule has 0 unspecified atom stereocenters. The number of aliphatic imine (C=N–C) groups is 1. The summed E-state index contributed by atoms with van der Waals surface area (Å²) in [6, 6.07) is 6.55. The molecule has 1 rings (SSSR count). The van der Waals surface area contributed by atoms with Crippen LogP contribution in [0.4, 0.5) is 5.69 Å². The van der Waals surface area contributed by atoms with E-state index in [4.69, 9.17) is 0 Å². The molecule has 0 aliphatic carbocycles. The maximum atomic E-state index is 10.6. The Morgan fingerprint density at radius 3 is 2.68 bits per heavy atom. The molecular formula is C15H22N2O2. The first-order valence-corrected chi connectivity index (χ1v) is 6.98. The largest absolute Gasteiger partial charge is 0.293 e. The van der Waals surface area contributed by atoms with Crippen molar-refractivity contribution in [3.8, 4) is 0 Å². The number of non-ortho nitro benzene ring substituents is 1. The number of hydrogen-bond acceptors (Lipinski definition) is 3. The van der Waals surface area contributed by atoms with Crippen molar-refractivity contribution in [1.29, 1.82) is 0 Å². The third-order valence-corrected chi connectivity index (χ3v) is 2.96. The van der Waals surface area contributed by atoms with Crippen LogP contribution in [0.2, 0.25) is 0 Å². The van der Waals surface area contributed by atoms with Crippen molar-refractivity contribution < 1.29 is 4.92 Å². The standard InChI is InChI=1S/C15H22N2O2/c1-2-3-4-5-6-7-11-16-13-14-9-8-10-15(12-14)17(18)19/h8-10,12-13H,2-7,11H2,1H3. The highest BCUT2D eigenvalue weighted by Crippen LogP contribution is 2.11. The lowest BCUT2D eigenvalue weighted by Crippen LogP contribution is -1.90. The number of nitrogens with zero attached hydrogens (tertiary/aromatic N) is 2. The third-order valence-electron chi connectivity index (χ3n) is 2.96. The van der Waals surface area contributed by atoms with Crippen LogP contribution in [0.1, 0.15) is 51.0 Å². The summed E-state index contributed by atoms with van der Waals surface area (Å²) >= 11 is 0. The number of nitro benzene ring substituents is 1. The highest BCUT2D eigenvalue weighted by Gasteiger charge is 2.03. The molecule has 4 nitrogen and oxygen atoms in total. The molecule has 104 valence electrons. The molecule has 0 saturated carbocycles. The Morgan fingerprint density at radius 1 is 1.21 bits per heavy atom. The van der Waals surface area contributed by atoms with Gasteiger partial charge in [-0.1, -0.05) is 51.2 Å². The second kappa shape index (κ2) is 9.25. The SMILES string of the molecule is CCCCCCCCN=Cc1cccc([N+](=O)[O-])c1. The second-order valence-corrected chi connectivity index (χ2v) is 4.66. The van der Waals surface area contributed by atoms with Crippen LogP contribution in [0.5, 0.6) is 0 Å². The predicted molar refractivity (Wildman–Crippen MR) is 78.9 cm³/mol. The molecule has 0 radical (unpaired) electrons. The number of rotatable bonds is 9. The van der Waals surface area contributed by atoms with Gasteiger partial charge in [0.15, 0.2) is 0 Å². The summed E-state index contributed by atoms with van der Waals surface area (Å²) in [5.74, 6) is 0. The molecule has 0 heterocycles. The molecular weight excluding hydrogens is 240 g/mol. The minimum atomic E-state index is -0.384. The Bertz CT molecular complexity index is 416. The number of unbranched alkanes of at least 4 members (excludes halogenated alkanes) is 5. The highest BCUT2D eigenvalue weighted by atomic mass is 16.6. The van der Waals surface area contributed by atoms with E-state index in [1.807, 2.05) is 6.07 Å². The van der Waals surface area contributed by atoms with E-state index in [2.05, 4.69) is 11.9 Å². The summed E-state index contributed by atoms with van der Waals surface area (Å²) in [6.45, 7) is 3.01. The van der Waals surface area contributed by atoms with E-state index in [-0.39, 0.29) is 10.6 Å². The van der Waals surface area contributed by atoms with Gasteiger partial charge < -0.3 is 0 Å². The Morgan fingerprint density at radius 2 is 1.95 bits per heavy atom. The second-order valence-electron chi connectivity index (χ2n) is 4.66. The normalized spacial score (nSPS) is 11.0. The van der Waals surface area contributed by atoms with Gasteiger partial charge in [0.2, 0.25) is 0 Å². The maximum absolute atomic E-state index is 10.6. The van der Waals surface area contributed by atoms with Crippen molar-refractivity contribution >= 4 is 11.9 Å². The van der Waals surface area contributed by atoms with Crippen LogP contribution in [0.15, 0.2) is 29.3 Å². The zero-order valence-corrected chi connectivity index (χ0v) is 11.5. The zero-order valence-electron chi connectivity index (χ0n) is 11.5. The molecule has 0 spiro atoms. The summed E-state index contributed by atoms with van der Waals surface area (Å²) in [5, 5.41) is 10.6. The van der Waals surface area contributed by atoms with Crippen LogP contribution in [0.3, 0.4) is 0 Å². The number of benzene rings is 1. The summed E-state index contributed by atoms with van der Waals surface area (Å²) in [5.41, 5.74) is 0.906. The first-order chi connectivity index (χ1) is 9.24. The minimum absolute atomic E-state index is 0.114. The van der Waals surface area contributed by atoms with Gasteiger partial charge in [-0.05, 0) is 12.0 Å². The molecule has 0 aliphatic heterocycles. The summed E-state index contributed by atoms with van der Waals surface area (Å²) in [7, 11) is 0. The van der Waals surface area contributed by atoms with E-state index in [1.165, 1.54) is 38.2 Å². The number of nitro groups is 1. The third kappa shape index (κ3) is 6.70. The quantitative estimate of drug-likeness (QED) is 0.287. The van der Waals surface area contributed by atoms with Gasteiger partial charge in [0, 0.05) is 24.9 Å². The van der Waals surface area contributed by atoms with Crippen LogP contribution < -0.4 is 0 Å². The topological polar surface area (TPSA) is 55.5 Å². The van der Waals surface area contributed by atoms with Gasteiger partial charge >= 0.3 is 0 Å². The molecule has 0 aliphatic rings. The monoisotopic (exact) mass is 262 g/mol. The number of hydrogen-bond donors (Lipinski definition) is 0. The maximum Gasteiger partial charge on any atom is 0.270 e. The van der Waals surface area contributed by atoms with E-state index in [0.717, 1.165) is 18.5 Å². The molecule has 0 atom stereocenters. The Labute approximate surface area is 114 Å². The predicted octanol–water partition coefficient (Wildman–Crippen LogP) is 4.37. The zero-order chi connectivity index (χ0) is 13.9. The van der Waals surface area contributed by atoms with Gasteiger partial charge in [0.05, 0.1) is 4.92 Å². The van der Waals surface area contributed by atoms with E-state index in [0.29, 0.717) is 0 Å². The van der Waals surface area contributed by atoms with Crippen LogP contribution in [-0.2, 0) is 0 Å². The lowest BCUT2D eigenvalue weighted by atomic mass is 10.1. The summed E-state index contributed by atoms with van der Waals surface area (Å²) in [4.78, 5) is 14.5. The van der Waals surface area contributed by atoms with Gasteiger partial charge in [-0.15, -0.1) is 0 Å². The first kappa shape index (κ1) is 15.3. The van der Waals surface area contributed by atoms with Gasteiger partial charge in [0.1, 0.15) is 0 Å². The van der Waals surface area contributed by atoms with Crippen LogP contribution in [0, 0.1) is 10.1 Å². The van der Waals surface area contributed by atoms with Crippen molar-refractivity contribution in [3.63, 3.8) is 0 Å². The van der Waals surface area contributed by atoms with E-state index >= 15 is 0 Å². The summed E-state index contributed by atoms with van der Waals surface area (Å²) in [6.07, 6.45) is 9.20. The average Bonchev–Trinajstić information content (AvgIpc) is 2.42. The molecule has 0 saturated heterocycles. The van der Waals surface area contributed by atoms with E-state index < -0.39 is 0 Å². The van der Waals surface area contributed by atoms with Gasteiger partial charge in [-0.25, -0.2) is 0 Å². The fourth-order valence-electron chi connectivity index (χ4n) is 1.87. The Balaban J connectivity index is 2.25. The van der Waals surface area contributed by atoms with Gasteiger partial charge in [-0.2, -0.15) is 0 Å². The fraction of sp³-hybridized carbons (Fsp3) is 0.533. The minimum Gasteiger partial charge on any atom is -0.293 e. The first-order valence-electron chi connectivity index (χ1n) is 6.98. The Hall–Kier alpha value is -1.71. The summed E-state index contributed by atoms with van der Waals surface area (Å²) < 4.78 is 0. The van der Waals surface area contributed by atoms with E-state index in [9.17, 15) is 10.1 Å². The van der Waals surface area contributed by atoms with Crippen molar-refractivity contribution in [3.05, 3.63) is 39.9 Å². The van der Waals surface area contributed by atoms with Crippen LogP contribution in [0.25, 0.3) is 0 Å². The van der Waals surface area contributed by atoms with Gasteiger partial charge in [-0.3, -0.25) is 15.1 Å². The lowest BCUT2D eigenvalue weighted by Gasteiger charge is -1.98. The molecule has 0 bridgehead atoms. The molecule has 0 aromatic heterocycles. The molecule has 1 aromatic rings. The van der Waals surface area contributed by atoms with Gasteiger partial charge in [0.25, 0.3) is 5.69 Å². The fourth-order valence-corrected chi connectivity index (χ4v) is 1.87. The molecule has 19 heavy (non-hydrogen) atoms. The molecule has 1 aromatic carbocycles. The van der Waals surface area contributed by atoms with Crippen molar-refractivity contribution in [1.82, 2.24) is 0 Å². The van der Waals surface area contributed by atoms with Crippen LogP contribution >= 0.6 is 0 Å². The Kier molecular flexibility index (Phi) is 7.47. The average molecular weight is 262 g/mol. The van der Waals surface area contributed by atoms with Crippen LogP contribution in [-0.4, -0.2) is 17.7 Å². The van der Waals surface area contributed by atoms with Crippen molar-refractivity contribution in [2.45, 2.75) is 45.4 Å². The van der Waals surface area contributed by atoms with Crippen molar-refractivity contribution in [2.24, 2.45) is 4.99 Å². The highest BCUT2D eigenvalue weighted by molar-refractivity contribution is 5.80.